The fourth-order valence-electron chi connectivity index (χ4n) is 3.26. The van der Waals surface area contributed by atoms with Crippen molar-refractivity contribution >= 4 is 21.6 Å². The molecule has 0 saturated carbocycles. The molecular weight excluding hydrogens is 440 g/mol. The normalized spacial score (nSPS) is 11.6. The molecule has 0 fully saturated rings. The minimum absolute atomic E-state index is 0.0302. The summed E-state index contributed by atoms with van der Waals surface area (Å²) in [4.78, 5) is 25.0. The van der Waals surface area contributed by atoms with Crippen molar-refractivity contribution in [2.24, 2.45) is 0 Å². The molecule has 1 heterocycles. The van der Waals surface area contributed by atoms with E-state index in [4.69, 9.17) is 4.74 Å². The number of esters is 1. The zero-order chi connectivity index (χ0) is 23.8. The molecule has 32 heavy (non-hydrogen) atoms. The van der Waals surface area contributed by atoms with Gasteiger partial charge in [0.1, 0.15) is 0 Å². The number of aromatic nitrogens is 1. The Kier molecular flexibility index (Phi) is 6.32. The molecule has 3 rings (SSSR count). The Bertz CT molecular complexity index is 1310. The molecule has 9 heteroatoms. The van der Waals surface area contributed by atoms with Crippen LogP contribution in [0.3, 0.4) is 0 Å². The highest BCUT2D eigenvalue weighted by Gasteiger charge is 2.26. The van der Waals surface area contributed by atoms with Gasteiger partial charge in [0.05, 0.1) is 22.3 Å². The van der Waals surface area contributed by atoms with Gasteiger partial charge < -0.3 is 9.30 Å². The molecular formula is C23H21F2NO5S. The Labute approximate surface area is 184 Å². The van der Waals surface area contributed by atoms with Crippen LogP contribution in [-0.2, 0) is 19.4 Å². The van der Waals surface area contributed by atoms with E-state index < -0.39 is 39.3 Å². The van der Waals surface area contributed by atoms with Gasteiger partial charge in [-0.1, -0.05) is 12.1 Å². The quantitative estimate of drug-likeness (QED) is 0.311. The van der Waals surface area contributed by atoms with Crippen molar-refractivity contribution in [1.82, 2.24) is 4.57 Å². The van der Waals surface area contributed by atoms with E-state index in [1.54, 1.807) is 20.8 Å². The Morgan fingerprint density at radius 3 is 2.12 bits per heavy atom. The van der Waals surface area contributed by atoms with Gasteiger partial charge in [0.15, 0.2) is 21.5 Å². The van der Waals surface area contributed by atoms with Crippen molar-refractivity contribution in [2.75, 3.05) is 6.26 Å². The van der Waals surface area contributed by atoms with Crippen molar-refractivity contribution in [2.45, 2.75) is 31.8 Å². The molecule has 0 amide bonds. The maximum Gasteiger partial charge on any atom is 0.379 e. The molecule has 3 aromatic rings. The van der Waals surface area contributed by atoms with Gasteiger partial charge in [0, 0.05) is 23.7 Å². The van der Waals surface area contributed by atoms with Crippen LogP contribution >= 0.6 is 0 Å². The summed E-state index contributed by atoms with van der Waals surface area (Å²) >= 11 is 0. The van der Waals surface area contributed by atoms with Crippen LogP contribution in [0.2, 0.25) is 0 Å². The van der Waals surface area contributed by atoms with Crippen LogP contribution in [0.5, 0.6) is 0 Å². The van der Waals surface area contributed by atoms with E-state index in [0.717, 1.165) is 18.4 Å². The number of hydrogen-bond acceptors (Lipinski definition) is 5. The molecule has 0 aliphatic heterocycles. The second kappa shape index (κ2) is 8.66. The minimum Gasteiger partial charge on any atom is -0.457 e. The van der Waals surface area contributed by atoms with Crippen LogP contribution in [-0.4, -0.2) is 37.1 Å². The summed E-state index contributed by atoms with van der Waals surface area (Å²) in [6, 6.07) is 10.6. The monoisotopic (exact) mass is 461 g/mol. The first kappa shape index (κ1) is 23.3. The topological polar surface area (TPSA) is 82.4 Å². The number of Topliss-reactive ketones (excluding diaryl/α,β-unsaturated/α-hetero) is 1. The predicted molar refractivity (Wildman–Crippen MR) is 115 cm³/mol. The van der Waals surface area contributed by atoms with E-state index in [9.17, 15) is 26.8 Å². The minimum atomic E-state index is -3.43. The highest BCUT2D eigenvalue weighted by Crippen LogP contribution is 2.31. The van der Waals surface area contributed by atoms with Gasteiger partial charge in [-0.2, -0.15) is 0 Å². The average Bonchev–Trinajstić information content (AvgIpc) is 3.05. The summed E-state index contributed by atoms with van der Waals surface area (Å²) in [5.74, 6) is -4.04. The van der Waals surface area contributed by atoms with E-state index >= 15 is 0 Å². The number of benzene rings is 2. The number of carbonyl (C=O) groups is 2. The number of hydrogen-bond donors (Lipinski definition) is 0. The third kappa shape index (κ3) is 4.62. The number of sulfone groups is 1. The van der Waals surface area contributed by atoms with E-state index in [1.807, 2.05) is 0 Å². The van der Waals surface area contributed by atoms with Crippen LogP contribution in [0.15, 0.2) is 53.4 Å². The van der Waals surface area contributed by atoms with Gasteiger partial charge in [0.25, 0.3) is 5.78 Å². The second-order valence-electron chi connectivity index (χ2n) is 7.54. The molecule has 0 spiro atoms. The molecule has 0 unspecified atom stereocenters. The first-order chi connectivity index (χ1) is 14.9. The van der Waals surface area contributed by atoms with Gasteiger partial charge in [-0.3, -0.25) is 4.79 Å². The van der Waals surface area contributed by atoms with Crippen molar-refractivity contribution < 1.29 is 31.5 Å². The lowest BCUT2D eigenvalue weighted by molar-refractivity contribution is -0.141. The van der Waals surface area contributed by atoms with Crippen molar-refractivity contribution in [3.05, 3.63) is 71.4 Å². The Morgan fingerprint density at radius 1 is 0.969 bits per heavy atom. The predicted octanol–water partition coefficient (Wildman–Crippen LogP) is 4.27. The van der Waals surface area contributed by atoms with Gasteiger partial charge in [-0.05, 0) is 56.7 Å². The molecule has 0 radical (unpaired) electrons. The molecule has 0 saturated heterocycles. The molecule has 0 atom stereocenters. The van der Waals surface area contributed by atoms with E-state index in [-0.39, 0.29) is 16.1 Å². The number of ether oxygens (including phenoxy) is 1. The summed E-state index contributed by atoms with van der Waals surface area (Å²) < 4.78 is 57.5. The molecule has 1 aromatic heterocycles. The van der Waals surface area contributed by atoms with Crippen LogP contribution in [0, 0.1) is 18.6 Å². The molecule has 0 aliphatic rings. The summed E-state index contributed by atoms with van der Waals surface area (Å²) in [6.45, 7) is 4.78. The highest BCUT2D eigenvalue weighted by molar-refractivity contribution is 7.90. The molecule has 0 bridgehead atoms. The number of ketones is 1. The molecule has 6 nitrogen and oxygen atoms in total. The summed E-state index contributed by atoms with van der Waals surface area (Å²) in [5.41, 5.74) is 1.45. The van der Waals surface area contributed by atoms with Crippen molar-refractivity contribution in [3.63, 3.8) is 0 Å². The number of carbonyl (C=O) groups excluding carboxylic acids is 2. The first-order valence-electron chi connectivity index (χ1n) is 9.63. The number of nitrogens with zero attached hydrogens (tertiary/aromatic N) is 1. The van der Waals surface area contributed by atoms with E-state index in [0.29, 0.717) is 17.0 Å². The van der Waals surface area contributed by atoms with E-state index in [1.165, 1.54) is 41.0 Å². The van der Waals surface area contributed by atoms with Crippen molar-refractivity contribution in [1.29, 1.82) is 0 Å². The van der Waals surface area contributed by atoms with Crippen LogP contribution in [0.1, 0.15) is 29.9 Å². The number of rotatable bonds is 6. The Balaban J connectivity index is 2.21. The van der Waals surface area contributed by atoms with Gasteiger partial charge in [-0.25, -0.2) is 22.0 Å². The maximum absolute atomic E-state index is 14.0. The zero-order valence-electron chi connectivity index (χ0n) is 17.8. The molecule has 2 aromatic carbocycles. The van der Waals surface area contributed by atoms with Gasteiger partial charge in [0.2, 0.25) is 0 Å². The second-order valence-corrected chi connectivity index (χ2v) is 9.56. The SMILES string of the molecule is Cc1c(C(=O)C(=O)OC(C)C)cc(-c2ccc(S(C)(=O)=O)cc2)n1-c1ccc(F)c(F)c1. The lowest BCUT2D eigenvalue weighted by atomic mass is 10.1. The summed E-state index contributed by atoms with van der Waals surface area (Å²) in [5, 5.41) is 0. The van der Waals surface area contributed by atoms with Crippen LogP contribution in [0.25, 0.3) is 16.9 Å². The zero-order valence-corrected chi connectivity index (χ0v) is 18.7. The maximum atomic E-state index is 14.0. The lowest BCUT2D eigenvalue weighted by Crippen LogP contribution is -2.21. The smallest absolute Gasteiger partial charge is 0.379 e. The van der Waals surface area contributed by atoms with Crippen molar-refractivity contribution in [3.8, 4) is 16.9 Å². The highest BCUT2D eigenvalue weighted by atomic mass is 32.2. The van der Waals surface area contributed by atoms with E-state index in [2.05, 4.69) is 0 Å². The lowest BCUT2D eigenvalue weighted by Gasteiger charge is -2.13. The number of halogens is 2. The Morgan fingerprint density at radius 2 is 1.59 bits per heavy atom. The third-order valence-electron chi connectivity index (χ3n) is 4.76. The van der Waals surface area contributed by atoms with Gasteiger partial charge in [-0.15, -0.1) is 0 Å². The first-order valence-corrected chi connectivity index (χ1v) is 11.5. The summed E-state index contributed by atoms with van der Waals surface area (Å²) in [6.07, 6.45) is 0.579. The van der Waals surface area contributed by atoms with Crippen LogP contribution < -0.4 is 0 Å². The van der Waals surface area contributed by atoms with Gasteiger partial charge >= 0.3 is 5.97 Å². The fourth-order valence-corrected chi connectivity index (χ4v) is 3.89. The average molecular weight is 461 g/mol. The fraction of sp³-hybridized carbons (Fsp3) is 0.217. The third-order valence-corrected chi connectivity index (χ3v) is 5.89. The van der Waals surface area contributed by atoms with Crippen LogP contribution in [0.4, 0.5) is 8.78 Å². The Hall–Kier alpha value is -3.33. The molecule has 168 valence electrons. The largest absolute Gasteiger partial charge is 0.457 e. The summed E-state index contributed by atoms with van der Waals surface area (Å²) in [7, 11) is -3.43. The molecule has 0 N–H and O–H groups in total. The molecule has 0 aliphatic carbocycles. The standard InChI is InChI=1S/C23H21F2NO5S/c1-13(2)31-23(28)22(27)18-12-21(15-5-8-17(9-6-15)32(4,29)30)26(14(18)3)16-7-10-19(24)20(25)11-16/h5-13H,1-4H3.